The summed E-state index contributed by atoms with van der Waals surface area (Å²) in [6.07, 6.45) is 7.94. The molecule has 1 saturated carbocycles. The lowest BCUT2D eigenvalue weighted by Gasteiger charge is -2.31. The van der Waals surface area contributed by atoms with Crippen LogP contribution >= 0.6 is 0 Å². The predicted molar refractivity (Wildman–Crippen MR) is 135 cm³/mol. The number of piperidine rings is 1. The number of rotatable bonds is 8. The van der Waals surface area contributed by atoms with Crippen LogP contribution in [0.25, 0.3) is 10.9 Å². The minimum atomic E-state index is -0.510. The van der Waals surface area contributed by atoms with Crippen LogP contribution in [0.5, 0.6) is 11.5 Å². The van der Waals surface area contributed by atoms with Crippen LogP contribution in [-0.2, 0) is 6.54 Å². The zero-order chi connectivity index (χ0) is 25.3. The number of fused-ring (bicyclic) bond motifs is 1. The molecule has 1 saturated heterocycles. The monoisotopic (exact) mass is 493 g/mol. The van der Waals surface area contributed by atoms with Gasteiger partial charge in [0, 0.05) is 25.5 Å². The summed E-state index contributed by atoms with van der Waals surface area (Å²) in [5, 5.41) is 3.06. The van der Waals surface area contributed by atoms with Crippen LogP contribution in [0.2, 0.25) is 0 Å². The van der Waals surface area contributed by atoms with Gasteiger partial charge in [0.1, 0.15) is 12.1 Å². The second-order valence-electron chi connectivity index (χ2n) is 9.45. The zero-order valence-corrected chi connectivity index (χ0v) is 20.6. The number of hydrogen-bond donors (Lipinski definition) is 2. The number of nitrogens with two attached hydrogens (primary N) is 1. The van der Waals surface area contributed by atoms with Crippen molar-refractivity contribution in [1.29, 1.82) is 0 Å². The largest absolute Gasteiger partial charge is 0.491 e. The van der Waals surface area contributed by atoms with E-state index in [0.29, 0.717) is 41.0 Å². The fourth-order valence-corrected chi connectivity index (χ4v) is 4.79. The van der Waals surface area contributed by atoms with E-state index >= 15 is 0 Å². The quantitative estimate of drug-likeness (QED) is 0.484. The average Bonchev–Trinajstić information content (AvgIpc) is 3.64. The van der Waals surface area contributed by atoms with Crippen LogP contribution in [0.1, 0.15) is 43.0 Å². The Morgan fingerprint density at radius 1 is 1.17 bits per heavy atom. The summed E-state index contributed by atoms with van der Waals surface area (Å²) >= 11 is 0. The molecule has 0 radical (unpaired) electrons. The van der Waals surface area contributed by atoms with E-state index in [1.54, 1.807) is 19.1 Å². The van der Waals surface area contributed by atoms with Gasteiger partial charge in [-0.3, -0.25) is 24.4 Å². The van der Waals surface area contributed by atoms with E-state index in [0.717, 1.165) is 19.6 Å². The third kappa shape index (κ3) is 4.70. The number of ether oxygens (including phenoxy) is 2. The Bertz CT molecular complexity index is 1320. The summed E-state index contributed by atoms with van der Waals surface area (Å²) in [6, 6.07) is 3.43. The minimum absolute atomic E-state index is 0.0604. The Labute approximate surface area is 208 Å². The molecule has 2 fully saturated rings. The zero-order valence-electron chi connectivity index (χ0n) is 20.6. The van der Waals surface area contributed by atoms with Gasteiger partial charge in [0.15, 0.2) is 11.5 Å². The molecular formula is C25H31N7O4. The molecule has 1 aliphatic carbocycles. The number of nitrogens with zero attached hydrogens (tertiary/aromatic N) is 5. The van der Waals surface area contributed by atoms with E-state index in [-0.39, 0.29) is 23.0 Å². The van der Waals surface area contributed by atoms with Gasteiger partial charge in [-0.1, -0.05) is 0 Å². The lowest BCUT2D eigenvalue weighted by molar-refractivity contribution is 0.102. The van der Waals surface area contributed by atoms with Crippen molar-refractivity contribution >= 4 is 28.7 Å². The summed E-state index contributed by atoms with van der Waals surface area (Å²) in [5.74, 6) is 0.505. The third-order valence-electron chi connectivity index (χ3n) is 7.26. The first-order chi connectivity index (χ1) is 17.4. The summed E-state index contributed by atoms with van der Waals surface area (Å²) in [7, 11) is 1.51. The molecule has 11 nitrogen and oxygen atoms in total. The van der Waals surface area contributed by atoms with Crippen LogP contribution in [0.15, 0.2) is 29.3 Å². The van der Waals surface area contributed by atoms with Crippen molar-refractivity contribution in [3.63, 3.8) is 0 Å². The number of anilines is 2. The number of methoxy groups -OCH3 is 1. The molecule has 0 atom stereocenters. The highest BCUT2D eigenvalue weighted by Crippen LogP contribution is 2.53. The van der Waals surface area contributed by atoms with Gasteiger partial charge in [-0.2, -0.15) is 0 Å². The maximum atomic E-state index is 13.2. The predicted octanol–water partition coefficient (Wildman–Crippen LogP) is 2.30. The van der Waals surface area contributed by atoms with Gasteiger partial charge in [-0.05, 0) is 63.2 Å². The Balaban J connectivity index is 1.38. The van der Waals surface area contributed by atoms with Crippen molar-refractivity contribution in [2.75, 3.05) is 44.4 Å². The molecule has 3 N–H and O–H groups in total. The minimum Gasteiger partial charge on any atom is -0.491 e. The van der Waals surface area contributed by atoms with E-state index in [1.165, 1.54) is 49.8 Å². The molecule has 11 heteroatoms. The molecule has 5 rings (SSSR count). The molecule has 1 aromatic carbocycles. The number of aromatic nitrogens is 4. The van der Waals surface area contributed by atoms with Crippen molar-refractivity contribution in [2.45, 2.75) is 39.2 Å². The Hall–Kier alpha value is -3.73. The highest BCUT2D eigenvalue weighted by Gasteiger charge is 2.44. The van der Waals surface area contributed by atoms with E-state index < -0.39 is 5.91 Å². The summed E-state index contributed by atoms with van der Waals surface area (Å²) in [4.78, 5) is 40.7. The molecule has 3 heterocycles. The molecule has 3 aromatic rings. The number of likely N-dealkylation sites (tertiary alicyclic amines) is 1. The summed E-state index contributed by atoms with van der Waals surface area (Å²) in [6.45, 7) is 5.66. The molecule has 190 valence electrons. The molecule has 1 spiro atoms. The number of carbonyl (C=O) groups is 1. The molecule has 0 bridgehead atoms. The van der Waals surface area contributed by atoms with Crippen LogP contribution in [0.4, 0.5) is 11.9 Å². The van der Waals surface area contributed by atoms with Gasteiger partial charge in [0.05, 0.1) is 18.1 Å². The van der Waals surface area contributed by atoms with Crippen LogP contribution in [-0.4, -0.2) is 63.7 Å². The number of hydrogen-bond acceptors (Lipinski definition) is 9. The fraction of sp³-hybridized carbons (Fsp3) is 0.480. The molecule has 2 aliphatic rings. The maximum absolute atomic E-state index is 13.2. The number of amides is 1. The first-order valence-electron chi connectivity index (χ1n) is 12.3. The fourth-order valence-electron chi connectivity index (χ4n) is 4.79. The first kappa shape index (κ1) is 24.0. The standard InChI is InChI=1S/C25H31N7O4/c1-3-32-22(34)17-4-5-18(36-13-12-31-10-8-25(6-7-25)9-11-31)20(35-2)19(17)29-24(32)30-21(33)16-14-27-23(26)28-15-16/h4-5,14-15H,3,6-13H2,1-2H3,(H2,26,27,28)(H,29,30,33). The van der Waals surface area contributed by atoms with Crippen molar-refractivity contribution in [3.8, 4) is 11.5 Å². The van der Waals surface area contributed by atoms with E-state index in [1.807, 2.05) is 0 Å². The highest BCUT2D eigenvalue weighted by atomic mass is 16.5. The number of benzene rings is 1. The van der Waals surface area contributed by atoms with Crippen LogP contribution in [0.3, 0.4) is 0 Å². The molecule has 0 unspecified atom stereocenters. The molecule has 1 amide bonds. The number of carbonyl (C=O) groups excluding carboxylic acids is 1. The summed E-state index contributed by atoms with van der Waals surface area (Å²) < 4.78 is 13.1. The smallest absolute Gasteiger partial charge is 0.262 e. The van der Waals surface area contributed by atoms with Crippen molar-refractivity contribution in [3.05, 3.63) is 40.4 Å². The van der Waals surface area contributed by atoms with E-state index in [4.69, 9.17) is 15.2 Å². The second-order valence-corrected chi connectivity index (χ2v) is 9.45. The maximum Gasteiger partial charge on any atom is 0.262 e. The van der Waals surface area contributed by atoms with Crippen molar-refractivity contribution < 1.29 is 14.3 Å². The average molecular weight is 494 g/mol. The Morgan fingerprint density at radius 2 is 1.89 bits per heavy atom. The van der Waals surface area contributed by atoms with Crippen LogP contribution < -0.4 is 26.1 Å². The van der Waals surface area contributed by atoms with E-state index in [2.05, 4.69) is 25.2 Å². The van der Waals surface area contributed by atoms with Gasteiger partial charge in [-0.25, -0.2) is 15.0 Å². The SMILES string of the molecule is CCn1c(NC(=O)c2cnc(N)nc2)nc2c(OC)c(OCCN3CCC4(CC3)CC4)ccc2c1=O. The summed E-state index contributed by atoms with van der Waals surface area (Å²) in [5.41, 5.74) is 6.36. The normalized spacial score (nSPS) is 16.7. The lowest BCUT2D eigenvalue weighted by atomic mass is 9.94. The Kier molecular flexibility index (Phi) is 6.48. The van der Waals surface area contributed by atoms with Crippen molar-refractivity contribution in [1.82, 2.24) is 24.4 Å². The number of nitrogens with one attached hydrogen (secondary N) is 1. The van der Waals surface area contributed by atoms with Crippen LogP contribution in [0, 0.1) is 5.41 Å². The first-order valence-corrected chi connectivity index (χ1v) is 12.3. The highest BCUT2D eigenvalue weighted by molar-refractivity contribution is 6.03. The van der Waals surface area contributed by atoms with Gasteiger partial charge >= 0.3 is 0 Å². The van der Waals surface area contributed by atoms with E-state index in [9.17, 15) is 9.59 Å². The van der Waals surface area contributed by atoms with Gasteiger partial charge in [0.25, 0.3) is 11.5 Å². The lowest BCUT2D eigenvalue weighted by Crippen LogP contribution is -2.37. The van der Waals surface area contributed by atoms with Gasteiger partial charge < -0.3 is 15.2 Å². The number of nitrogen functional groups attached to an aromatic ring is 1. The van der Waals surface area contributed by atoms with Crippen molar-refractivity contribution in [2.24, 2.45) is 5.41 Å². The van der Waals surface area contributed by atoms with Gasteiger partial charge in [0.2, 0.25) is 11.9 Å². The molecule has 1 aliphatic heterocycles. The molecule has 2 aromatic heterocycles. The Morgan fingerprint density at radius 3 is 2.53 bits per heavy atom. The molecular weight excluding hydrogens is 462 g/mol. The topological polar surface area (TPSA) is 137 Å². The second kappa shape index (κ2) is 9.73. The third-order valence-corrected chi connectivity index (χ3v) is 7.26. The molecule has 36 heavy (non-hydrogen) atoms. The van der Waals surface area contributed by atoms with Gasteiger partial charge in [-0.15, -0.1) is 0 Å².